The van der Waals surface area contributed by atoms with Gasteiger partial charge >= 0.3 is 6.03 Å². The van der Waals surface area contributed by atoms with Crippen molar-refractivity contribution in [2.45, 2.75) is 52.4 Å². The number of imide groups is 1. The molecule has 2 N–H and O–H groups in total. The van der Waals surface area contributed by atoms with Crippen LogP contribution in [0.15, 0.2) is 17.8 Å². The summed E-state index contributed by atoms with van der Waals surface area (Å²) in [5, 5.41) is 13.3. The van der Waals surface area contributed by atoms with Crippen LogP contribution in [-0.4, -0.2) is 29.0 Å². The molecule has 5 heteroatoms. The third kappa shape index (κ3) is 3.30. The molecule has 1 aliphatic rings. The number of hydrogen-bond donors (Lipinski definition) is 2. The van der Waals surface area contributed by atoms with Crippen molar-refractivity contribution in [1.82, 2.24) is 10.2 Å². The SMILES string of the molecule is CN1C(=O)N/C(=C/c2cc(C(C)(C)C)c(O)c(C(C)(C)C)c2)C1=O. The number of rotatable bonds is 1. The number of aromatic hydroxyl groups is 1. The van der Waals surface area contributed by atoms with Crippen molar-refractivity contribution in [2.24, 2.45) is 0 Å². The molecule has 0 saturated carbocycles. The molecule has 0 spiro atoms. The summed E-state index contributed by atoms with van der Waals surface area (Å²) in [4.78, 5) is 24.7. The average molecular weight is 330 g/mol. The van der Waals surface area contributed by atoms with Crippen LogP contribution in [0.1, 0.15) is 58.2 Å². The van der Waals surface area contributed by atoms with E-state index in [1.54, 1.807) is 6.08 Å². The van der Waals surface area contributed by atoms with E-state index in [2.05, 4.69) is 5.32 Å². The number of amides is 3. The van der Waals surface area contributed by atoms with Gasteiger partial charge in [0.1, 0.15) is 11.4 Å². The molecular formula is C19H26N2O3. The van der Waals surface area contributed by atoms with E-state index in [9.17, 15) is 14.7 Å². The second kappa shape index (κ2) is 5.65. The van der Waals surface area contributed by atoms with Crippen LogP contribution in [0.3, 0.4) is 0 Å². The molecule has 1 aromatic rings. The summed E-state index contributed by atoms with van der Waals surface area (Å²) in [5.74, 6) is -0.0706. The molecule has 1 aliphatic heterocycles. The zero-order valence-corrected chi connectivity index (χ0v) is 15.4. The number of phenolic OH excluding ortho intramolecular Hbond substituents is 1. The lowest BCUT2D eigenvalue weighted by atomic mass is 9.78. The maximum absolute atomic E-state index is 12.1. The summed E-state index contributed by atoms with van der Waals surface area (Å²) >= 11 is 0. The van der Waals surface area contributed by atoms with E-state index in [0.717, 1.165) is 21.6 Å². The summed E-state index contributed by atoms with van der Waals surface area (Å²) in [5.41, 5.74) is 2.14. The first kappa shape index (κ1) is 18.0. The Hall–Kier alpha value is -2.30. The molecule has 0 radical (unpaired) electrons. The molecular weight excluding hydrogens is 304 g/mol. The maximum atomic E-state index is 12.1. The smallest absolute Gasteiger partial charge is 0.328 e. The van der Waals surface area contributed by atoms with E-state index in [-0.39, 0.29) is 28.2 Å². The molecule has 1 fully saturated rings. The molecule has 3 amide bonds. The van der Waals surface area contributed by atoms with Crippen LogP contribution >= 0.6 is 0 Å². The molecule has 2 rings (SSSR count). The number of phenols is 1. The van der Waals surface area contributed by atoms with Crippen molar-refractivity contribution in [1.29, 1.82) is 0 Å². The zero-order valence-electron chi connectivity index (χ0n) is 15.4. The van der Waals surface area contributed by atoms with E-state index in [1.807, 2.05) is 53.7 Å². The summed E-state index contributed by atoms with van der Waals surface area (Å²) in [6.45, 7) is 12.2. The fraction of sp³-hybridized carbons (Fsp3) is 0.474. The van der Waals surface area contributed by atoms with Crippen LogP contribution in [0.5, 0.6) is 5.75 Å². The molecule has 0 unspecified atom stereocenters. The van der Waals surface area contributed by atoms with Crippen molar-refractivity contribution < 1.29 is 14.7 Å². The van der Waals surface area contributed by atoms with Crippen LogP contribution in [0.25, 0.3) is 6.08 Å². The van der Waals surface area contributed by atoms with Crippen LogP contribution in [0, 0.1) is 0 Å². The third-order valence-electron chi connectivity index (χ3n) is 4.14. The standard InChI is InChI=1S/C19H26N2O3/c1-18(2,3)12-8-11(9-13(15(12)22)19(4,5)6)10-14-16(23)21(7)17(24)20-14/h8-10,22H,1-7H3,(H,20,24)/b14-10+. The first-order valence-corrected chi connectivity index (χ1v) is 8.01. The second-order valence-corrected chi connectivity index (χ2v) is 8.32. The van der Waals surface area contributed by atoms with Gasteiger partial charge in [0, 0.05) is 18.2 Å². The predicted molar refractivity (Wildman–Crippen MR) is 94.8 cm³/mol. The lowest BCUT2D eigenvalue weighted by molar-refractivity contribution is -0.121. The number of carbonyl (C=O) groups is 2. The Kier molecular flexibility index (Phi) is 4.25. The Morgan fingerprint density at radius 2 is 1.46 bits per heavy atom. The zero-order chi connectivity index (χ0) is 18.4. The highest BCUT2D eigenvalue weighted by molar-refractivity contribution is 6.13. The van der Waals surface area contributed by atoms with Crippen LogP contribution < -0.4 is 5.32 Å². The van der Waals surface area contributed by atoms with Crippen LogP contribution in [0.2, 0.25) is 0 Å². The summed E-state index contributed by atoms with van der Waals surface area (Å²) in [7, 11) is 1.44. The van der Waals surface area contributed by atoms with Crippen LogP contribution in [-0.2, 0) is 15.6 Å². The van der Waals surface area contributed by atoms with Crippen molar-refractivity contribution >= 4 is 18.0 Å². The minimum atomic E-state index is -0.433. The number of nitrogens with zero attached hydrogens (tertiary/aromatic N) is 1. The van der Waals surface area contributed by atoms with E-state index in [1.165, 1.54) is 7.05 Å². The van der Waals surface area contributed by atoms with Crippen LogP contribution in [0.4, 0.5) is 4.79 Å². The van der Waals surface area contributed by atoms with Gasteiger partial charge in [-0.1, -0.05) is 41.5 Å². The normalized spacial score (nSPS) is 17.6. The Balaban J connectivity index is 2.64. The van der Waals surface area contributed by atoms with Crippen molar-refractivity contribution in [2.75, 3.05) is 7.05 Å². The largest absolute Gasteiger partial charge is 0.507 e. The molecule has 0 aromatic heterocycles. The van der Waals surface area contributed by atoms with Gasteiger partial charge in [-0.15, -0.1) is 0 Å². The lowest BCUT2D eigenvalue weighted by Gasteiger charge is -2.28. The van der Waals surface area contributed by atoms with Gasteiger partial charge in [0.15, 0.2) is 0 Å². The molecule has 0 bridgehead atoms. The first-order valence-electron chi connectivity index (χ1n) is 8.01. The molecule has 1 saturated heterocycles. The summed E-state index contributed by atoms with van der Waals surface area (Å²) in [6.07, 6.45) is 1.66. The number of urea groups is 1. The van der Waals surface area contributed by atoms with Gasteiger partial charge < -0.3 is 10.4 Å². The third-order valence-corrected chi connectivity index (χ3v) is 4.14. The van der Waals surface area contributed by atoms with E-state index >= 15 is 0 Å². The summed E-state index contributed by atoms with van der Waals surface area (Å²) in [6, 6.07) is 3.31. The van der Waals surface area contributed by atoms with E-state index < -0.39 is 6.03 Å². The highest BCUT2D eigenvalue weighted by Crippen LogP contribution is 2.40. The molecule has 0 atom stereocenters. The molecule has 0 aliphatic carbocycles. The first-order chi connectivity index (χ1) is 10.8. The van der Waals surface area contributed by atoms with E-state index in [0.29, 0.717) is 0 Å². The van der Waals surface area contributed by atoms with Gasteiger partial charge in [0.05, 0.1) is 0 Å². The average Bonchev–Trinajstić information content (AvgIpc) is 2.65. The lowest BCUT2D eigenvalue weighted by Crippen LogP contribution is -2.25. The molecule has 5 nitrogen and oxygen atoms in total. The Labute approximate surface area is 143 Å². The van der Waals surface area contributed by atoms with Gasteiger partial charge in [-0.3, -0.25) is 9.69 Å². The van der Waals surface area contributed by atoms with E-state index in [4.69, 9.17) is 0 Å². The number of carbonyl (C=O) groups excluding carboxylic acids is 2. The topological polar surface area (TPSA) is 69.6 Å². The minimum absolute atomic E-state index is 0.243. The molecule has 24 heavy (non-hydrogen) atoms. The molecule has 1 aromatic carbocycles. The minimum Gasteiger partial charge on any atom is -0.507 e. The van der Waals surface area contributed by atoms with Gasteiger partial charge in [0.2, 0.25) is 0 Å². The van der Waals surface area contributed by atoms with Gasteiger partial charge in [-0.2, -0.15) is 0 Å². The number of nitrogens with one attached hydrogen (secondary N) is 1. The maximum Gasteiger partial charge on any atom is 0.328 e. The van der Waals surface area contributed by atoms with Crippen molar-refractivity contribution in [3.63, 3.8) is 0 Å². The predicted octanol–water partition coefficient (Wildman–Crippen LogP) is 3.51. The highest BCUT2D eigenvalue weighted by atomic mass is 16.3. The highest BCUT2D eigenvalue weighted by Gasteiger charge is 2.31. The fourth-order valence-electron chi connectivity index (χ4n) is 2.67. The number of benzene rings is 1. The number of hydrogen-bond acceptors (Lipinski definition) is 3. The Bertz CT molecular complexity index is 699. The fourth-order valence-corrected chi connectivity index (χ4v) is 2.67. The number of likely N-dealkylation sites (N-methyl/N-ethyl adjacent to an activating group) is 1. The monoisotopic (exact) mass is 330 g/mol. The summed E-state index contributed by atoms with van der Waals surface area (Å²) < 4.78 is 0. The molecule has 130 valence electrons. The second-order valence-electron chi connectivity index (χ2n) is 8.32. The molecule has 1 heterocycles. The van der Waals surface area contributed by atoms with Gasteiger partial charge in [-0.25, -0.2) is 4.79 Å². The van der Waals surface area contributed by atoms with Crippen molar-refractivity contribution in [3.05, 3.63) is 34.5 Å². The quantitative estimate of drug-likeness (QED) is 0.611. The Morgan fingerprint density at radius 1 is 1.00 bits per heavy atom. The van der Waals surface area contributed by atoms with Gasteiger partial charge in [0.25, 0.3) is 5.91 Å². The van der Waals surface area contributed by atoms with Crippen molar-refractivity contribution in [3.8, 4) is 5.75 Å². The Morgan fingerprint density at radius 3 is 1.79 bits per heavy atom. The van der Waals surface area contributed by atoms with Gasteiger partial charge in [-0.05, 0) is 34.6 Å².